The van der Waals surface area contributed by atoms with Gasteiger partial charge in [-0.2, -0.15) is 9.89 Å². The molecule has 0 bridgehead atoms. The second kappa shape index (κ2) is 5.36. The normalized spacial score (nSPS) is 13.4. The second-order valence-corrected chi connectivity index (χ2v) is 5.94. The number of hydrogen-bond acceptors (Lipinski definition) is 3. The van der Waals surface area contributed by atoms with Crippen LogP contribution in [0.1, 0.15) is 33.4 Å². The summed E-state index contributed by atoms with van der Waals surface area (Å²) in [4.78, 5) is 12.8. The number of carbonyl (C=O) groups is 1. The third kappa shape index (κ3) is 3.09. The monoisotopic (exact) mass is 292 g/mol. The predicted molar refractivity (Wildman–Crippen MR) is 74.6 cm³/mol. The highest BCUT2D eigenvalue weighted by atomic mass is 35.5. The highest BCUT2D eigenvalue weighted by molar-refractivity contribution is 6.34. The van der Waals surface area contributed by atoms with E-state index in [0.717, 1.165) is 4.79 Å². The van der Waals surface area contributed by atoms with E-state index in [1.807, 2.05) is 20.8 Å². The maximum Gasteiger partial charge on any atom is 0.229 e. The lowest BCUT2D eigenvalue weighted by atomic mass is 9.92. The van der Waals surface area contributed by atoms with E-state index in [0.29, 0.717) is 16.5 Å². The first-order valence-corrected chi connectivity index (χ1v) is 6.50. The fraction of sp³-hybridized carbons (Fsp3) is 0.636. The Morgan fingerprint density at radius 1 is 1.56 bits per heavy atom. The summed E-state index contributed by atoms with van der Waals surface area (Å²) >= 11 is 11.8. The molecule has 0 saturated carbocycles. The first kappa shape index (κ1) is 15.1. The zero-order valence-electron chi connectivity index (χ0n) is 10.9. The smallest absolute Gasteiger partial charge is 0.229 e. The van der Waals surface area contributed by atoms with Gasteiger partial charge in [-0.05, 0) is 0 Å². The van der Waals surface area contributed by atoms with Gasteiger partial charge in [0.2, 0.25) is 5.91 Å². The van der Waals surface area contributed by atoms with Crippen LogP contribution in [-0.4, -0.2) is 21.7 Å². The molecule has 0 aromatic carbocycles. The van der Waals surface area contributed by atoms with Crippen molar-refractivity contribution >= 4 is 34.9 Å². The number of nitrogens with one attached hydrogen (secondary N) is 1. The summed E-state index contributed by atoms with van der Waals surface area (Å²) < 4.78 is 0. The molecule has 1 aromatic heterocycles. The lowest BCUT2D eigenvalue weighted by Gasteiger charge is -2.15. The van der Waals surface area contributed by atoms with Crippen LogP contribution in [0.5, 0.6) is 0 Å². The summed E-state index contributed by atoms with van der Waals surface area (Å²) in [6.07, 6.45) is 0. The standard InChI is InChI=1S/C11H18Cl2N4O/c1-6(5-12)10(18)15-9-7(13)8(11(2,3)4)16-17(9)14/h6H,5,14H2,1-4H3,(H,15,18). The van der Waals surface area contributed by atoms with E-state index >= 15 is 0 Å². The molecule has 1 amide bonds. The molecule has 1 rings (SSSR count). The van der Waals surface area contributed by atoms with Crippen LogP contribution in [0.2, 0.25) is 5.02 Å². The van der Waals surface area contributed by atoms with Gasteiger partial charge in [0, 0.05) is 17.2 Å². The van der Waals surface area contributed by atoms with E-state index < -0.39 is 0 Å². The van der Waals surface area contributed by atoms with Gasteiger partial charge in [-0.15, -0.1) is 11.6 Å². The van der Waals surface area contributed by atoms with Crippen LogP contribution in [0.15, 0.2) is 0 Å². The van der Waals surface area contributed by atoms with Crippen molar-refractivity contribution in [2.45, 2.75) is 33.1 Å². The highest BCUT2D eigenvalue weighted by Gasteiger charge is 2.26. The number of amides is 1. The van der Waals surface area contributed by atoms with Crippen LogP contribution in [0, 0.1) is 5.92 Å². The predicted octanol–water partition coefficient (Wildman–Crippen LogP) is 2.36. The van der Waals surface area contributed by atoms with Crippen LogP contribution in [0.25, 0.3) is 0 Å². The van der Waals surface area contributed by atoms with Crippen molar-refractivity contribution in [2.75, 3.05) is 17.0 Å². The average Bonchev–Trinajstić information content (AvgIpc) is 2.55. The molecule has 1 unspecified atom stereocenters. The first-order chi connectivity index (χ1) is 8.18. The SMILES string of the molecule is CC(CCl)C(=O)Nc1c(Cl)c(C(C)(C)C)nn1N. The number of anilines is 1. The molecule has 7 heteroatoms. The summed E-state index contributed by atoms with van der Waals surface area (Å²) in [6.45, 7) is 7.62. The summed E-state index contributed by atoms with van der Waals surface area (Å²) in [6, 6.07) is 0. The number of rotatable bonds is 3. The number of nitrogens with zero attached hydrogens (tertiary/aromatic N) is 2. The number of nitrogen functional groups attached to an aromatic ring is 1. The topological polar surface area (TPSA) is 72.9 Å². The highest BCUT2D eigenvalue weighted by Crippen LogP contribution is 2.33. The van der Waals surface area contributed by atoms with Crippen LogP contribution in [-0.2, 0) is 10.2 Å². The van der Waals surface area contributed by atoms with Gasteiger partial charge in [-0.3, -0.25) is 4.79 Å². The number of halogens is 2. The van der Waals surface area contributed by atoms with Gasteiger partial charge in [0.1, 0.15) is 5.02 Å². The number of nitrogens with two attached hydrogens (primary N) is 1. The molecule has 0 saturated heterocycles. The van der Waals surface area contributed by atoms with Gasteiger partial charge < -0.3 is 11.2 Å². The minimum Gasteiger partial charge on any atom is -0.321 e. The Hall–Kier alpha value is -0.940. The Kier molecular flexibility index (Phi) is 4.50. The van der Waals surface area contributed by atoms with Gasteiger partial charge in [0.15, 0.2) is 5.82 Å². The molecule has 0 aliphatic heterocycles. The molecule has 0 spiro atoms. The Balaban J connectivity index is 3.05. The van der Waals surface area contributed by atoms with Crippen molar-refractivity contribution in [1.82, 2.24) is 9.89 Å². The van der Waals surface area contributed by atoms with E-state index in [1.54, 1.807) is 6.92 Å². The van der Waals surface area contributed by atoms with E-state index in [1.165, 1.54) is 0 Å². The molecular weight excluding hydrogens is 275 g/mol. The molecule has 0 aliphatic carbocycles. The van der Waals surface area contributed by atoms with Crippen LogP contribution in [0.4, 0.5) is 5.82 Å². The van der Waals surface area contributed by atoms with Crippen molar-refractivity contribution < 1.29 is 4.79 Å². The Bertz CT molecular complexity index is 451. The Morgan fingerprint density at radius 3 is 2.50 bits per heavy atom. The molecule has 1 aromatic rings. The molecule has 0 aliphatic rings. The number of alkyl halides is 1. The molecular formula is C11H18Cl2N4O. The molecule has 1 heterocycles. The third-order valence-electron chi connectivity index (χ3n) is 2.48. The number of carbonyl (C=O) groups excluding carboxylic acids is 1. The van der Waals surface area contributed by atoms with Gasteiger partial charge in [0.05, 0.1) is 5.69 Å². The number of hydrogen-bond donors (Lipinski definition) is 2. The summed E-state index contributed by atoms with van der Waals surface area (Å²) in [5, 5.41) is 7.14. The van der Waals surface area contributed by atoms with Crippen LogP contribution < -0.4 is 11.2 Å². The van der Waals surface area contributed by atoms with Crippen molar-refractivity contribution in [3.05, 3.63) is 10.7 Å². The maximum absolute atomic E-state index is 11.8. The Labute approximate surface area is 117 Å². The van der Waals surface area contributed by atoms with E-state index in [-0.39, 0.29) is 23.1 Å². The van der Waals surface area contributed by atoms with Crippen LogP contribution >= 0.6 is 23.2 Å². The van der Waals surface area contributed by atoms with Gasteiger partial charge in [0.25, 0.3) is 0 Å². The van der Waals surface area contributed by atoms with Crippen LogP contribution in [0.3, 0.4) is 0 Å². The lowest BCUT2D eigenvalue weighted by molar-refractivity contribution is -0.118. The fourth-order valence-corrected chi connectivity index (χ4v) is 1.91. The largest absolute Gasteiger partial charge is 0.321 e. The zero-order valence-corrected chi connectivity index (χ0v) is 12.4. The lowest BCUT2D eigenvalue weighted by Crippen LogP contribution is -2.25. The third-order valence-corrected chi connectivity index (χ3v) is 3.30. The molecule has 5 nitrogen and oxygen atoms in total. The average molecular weight is 293 g/mol. The molecule has 1 atom stereocenters. The van der Waals surface area contributed by atoms with Crippen molar-refractivity contribution in [3.63, 3.8) is 0 Å². The van der Waals surface area contributed by atoms with Gasteiger partial charge in [-0.1, -0.05) is 39.3 Å². The zero-order chi connectivity index (χ0) is 14.1. The molecule has 0 fully saturated rings. The maximum atomic E-state index is 11.8. The Morgan fingerprint density at radius 2 is 2.11 bits per heavy atom. The van der Waals surface area contributed by atoms with E-state index in [9.17, 15) is 4.79 Å². The second-order valence-electron chi connectivity index (χ2n) is 5.25. The summed E-state index contributed by atoms with van der Waals surface area (Å²) in [5.74, 6) is 5.67. The van der Waals surface area contributed by atoms with Gasteiger partial charge in [-0.25, -0.2) is 0 Å². The summed E-state index contributed by atoms with van der Waals surface area (Å²) in [5.41, 5.74) is 0.389. The van der Waals surface area contributed by atoms with E-state index in [2.05, 4.69) is 10.4 Å². The number of aromatic nitrogens is 2. The molecule has 102 valence electrons. The fourth-order valence-electron chi connectivity index (χ4n) is 1.32. The van der Waals surface area contributed by atoms with Gasteiger partial charge >= 0.3 is 0 Å². The van der Waals surface area contributed by atoms with E-state index in [4.69, 9.17) is 29.0 Å². The van der Waals surface area contributed by atoms with Crippen molar-refractivity contribution in [2.24, 2.45) is 5.92 Å². The van der Waals surface area contributed by atoms with Crippen molar-refractivity contribution in [3.8, 4) is 0 Å². The molecule has 0 radical (unpaired) electrons. The first-order valence-electron chi connectivity index (χ1n) is 5.59. The summed E-state index contributed by atoms with van der Waals surface area (Å²) in [7, 11) is 0. The molecule has 18 heavy (non-hydrogen) atoms. The van der Waals surface area contributed by atoms with Crippen molar-refractivity contribution in [1.29, 1.82) is 0 Å². The minimum atomic E-state index is -0.323. The molecule has 3 N–H and O–H groups in total. The quantitative estimate of drug-likeness (QED) is 0.663. The minimum absolute atomic E-state index is 0.230.